The maximum atomic E-state index is 14.1. The fourth-order valence-corrected chi connectivity index (χ4v) is 5.71. The summed E-state index contributed by atoms with van der Waals surface area (Å²) < 4.78 is 49.3. The van der Waals surface area contributed by atoms with Crippen molar-refractivity contribution in [2.24, 2.45) is 0 Å². The molecule has 0 radical (unpaired) electrons. The van der Waals surface area contributed by atoms with Gasteiger partial charge < -0.3 is 24.8 Å². The molecule has 2 aliphatic rings. The van der Waals surface area contributed by atoms with Gasteiger partial charge in [-0.2, -0.15) is 13.2 Å². The number of hydrogen-bond donors (Lipinski definition) is 1. The molecule has 4 aromatic rings. The number of piperazine rings is 1. The predicted octanol–water partition coefficient (Wildman–Crippen LogP) is 4.81. The van der Waals surface area contributed by atoms with Crippen molar-refractivity contribution in [1.29, 1.82) is 0 Å². The van der Waals surface area contributed by atoms with Crippen LogP contribution in [0.2, 0.25) is 0 Å². The summed E-state index contributed by atoms with van der Waals surface area (Å²) in [7, 11) is 1.98. The Bertz CT molecular complexity index is 1690. The van der Waals surface area contributed by atoms with Gasteiger partial charge in [0.1, 0.15) is 5.69 Å². The van der Waals surface area contributed by atoms with Crippen molar-refractivity contribution < 1.29 is 22.7 Å². The summed E-state index contributed by atoms with van der Waals surface area (Å²) in [5.41, 5.74) is 4.05. The van der Waals surface area contributed by atoms with Crippen molar-refractivity contribution in [2.75, 3.05) is 74.6 Å². The number of anilines is 3. The minimum atomic E-state index is -4.60. The van der Waals surface area contributed by atoms with Crippen LogP contribution in [0.3, 0.4) is 0 Å². The van der Waals surface area contributed by atoms with Crippen molar-refractivity contribution in [2.45, 2.75) is 20.0 Å². The smallest absolute Gasteiger partial charge is 0.378 e. The summed E-state index contributed by atoms with van der Waals surface area (Å²) in [5.74, 6) is -0.629. The van der Waals surface area contributed by atoms with E-state index >= 15 is 0 Å². The molecule has 1 N–H and O–H groups in total. The molecule has 45 heavy (non-hydrogen) atoms. The van der Waals surface area contributed by atoms with Gasteiger partial charge in [-0.3, -0.25) is 9.78 Å². The van der Waals surface area contributed by atoms with Gasteiger partial charge in [0.25, 0.3) is 5.91 Å². The molecule has 4 heterocycles. The number of pyridine rings is 1. The normalized spacial score (nSPS) is 16.2. The molecule has 0 bridgehead atoms. The van der Waals surface area contributed by atoms with Gasteiger partial charge in [-0.05, 0) is 62.4 Å². The lowest BCUT2D eigenvalue weighted by Crippen LogP contribution is -2.45. The number of aryl methyl sites for hydroxylation is 1. The van der Waals surface area contributed by atoms with Crippen molar-refractivity contribution in [1.82, 2.24) is 24.9 Å². The first-order valence-electron chi connectivity index (χ1n) is 14.8. The zero-order chi connectivity index (χ0) is 31.7. The van der Waals surface area contributed by atoms with Gasteiger partial charge >= 0.3 is 6.18 Å². The van der Waals surface area contributed by atoms with Crippen molar-refractivity contribution >= 4 is 23.0 Å². The molecule has 2 aliphatic heterocycles. The summed E-state index contributed by atoms with van der Waals surface area (Å²) in [5, 5.41) is 11.5. The highest BCUT2D eigenvalue weighted by Gasteiger charge is 2.35. The quantitative estimate of drug-likeness (QED) is 0.329. The number of nitrogens with one attached hydrogen (secondary N) is 1. The number of carbonyl (C=O) groups is 1. The number of carbonyl (C=O) groups excluding carboxylic acids is 1. The molecule has 6 rings (SSSR count). The molecule has 13 heteroatoms. The van der Waals surface area contributed by atoms with E-state index in [0.717, 1.165) is 49.1 Å². The molecule has 2 fully saturated rings. The second-order valence-electron chi connectivity index (χ2n) is 11.5. The molecular weight excluding hydrogens is 585 g/mol. The fraction of sp³-hybridized carbons (Fsp3) is 0.375. The minimum Gasteiger partial charge on any atom is -0.378 e. The van der Waals surface area contributed by atoms with Crippen LogP contribution in [0.5, 0.6) is 0 Å². The zero-order valence-corrected chi connectivity index (χ0v) is 25.4. The van der Waals surface area contributed by atoms with E-state index in [4.69, 9.17) is 4.74 Å². The maximum Gasteiger partial charge on any atom is 0.416 e. The molecule has 2 saturated heterocycles. The van der Waals surface area contributed by atoms with Gasteiger partial charge in [0.2, 0.25) is 0 Å². The highest BCUT2D eigenvalue weighted by molar-refractivity contribution is 6.05. The van der Waals surface area contributed by atoms with Crippen LogP contribution in [0.4, 0.5) is 30.2 Å². The molecule has 0 unspecified atom stereocenters. The van der Waals surface area contributed by atoms with E-state index in [-0.39, 0.29) is 11.1 Å². The summed E-state index contributed by atoms with van der Waals surface area (Å²) in [6.07, 6.45) is 0.733. The Morgan fingerprint density at radius 1 is 0.911 bits per heavy atom. The van der Waals surface area contributed by atoms with E-state index in [1.165, 1.54) is 6.92 Å². The van der Waals surface area contributed by atoms with Gasteiger partial charge in [-0.15, -0.1) is 5.10 Å². The van der Waals surface area contributed by atoms with E-state index in [2.05, 4.69) is 30.4 Å². The first-order valence-corrected chi connectivity index (χ1v) is 14.8. The number of halogens is 3. The van der Waals surface area contributed by atoms with Crippen LogP contribution in [-0.4, -0.2) is 90.3 Å². The van der Waals surface area contributed by atoms with Crippen LogP contribution in [0, 0.1) is 13.8 Å². The number of ether oxygens (including phenoxy) is 1. The third-order valence-electron chi connectivity index (χ3n) is 8.39. The topological polar surface area (TPSA) is 91.7 Å². The van der Waals surface area contributed by atoms with E-state index in [1.54, 1.807) is 35.3 Å². The molecule has 2 aromatic heterocycles. The predicted molar refractivity (Wildman–Crippen MR) is 166 cm³/mol. The molecule has 0 saturated carbocycles. The lowest BCUT2D eigenvalue weighted by molar-refractivity contribution is -0.138. The Hall–Kier alpha value is -4.49. The molecule has 10 nitrogen and oxygen atoms in total. The van der Waals surface area contributed by atoms with Crippen molar-refractivity contribution in [3.63, 3.8) is 0 Å². The largest absolute Gasteiger partial charge is 0.416 e. The number of nitrogens with zero attached hydrogens (tertiary/aromatic N) is 7. The second kappa shape index (κ2) is 12.5. The monoisotopic (exact) mass is 620 g/mol. The zero-order valence-electron chi connectivity index (χ0n) is 25.4. The van der Waals surface area contributed by atoms with E-state index < -0.39 is 17.6 Å². The summed E-state index contributed by atoms with van der Waals surface area (Å²) in [6.45, 7) is 8.87. The number of rotatable bonds is 6. The van der Waals surface area contributed by atoms with Gasteiger partial charge in [-0.25, -0.2) is 4.68 Å². The van der Waals surface area contributed by atoms with E-state index in [9.17, 15) is 18.0 Å². The van der Waals surface area contributed by atoms with Crippen LogP contribution in [-0.2, 0) is 10.9 Å². The third-order valence-corrected chi connectivity index (χ3v) is 8.39. The summed E-state index contributed by atoms with van der Waals surface area (Å²) >= 11 is 0. The van der Waals surface area contributed by atoms with Gasteiger partial charge in [0.15, 0.2) is 0 Å². The Balaban J connectivity index is 1.25. The molecule has 2 aromatic carbocycles. The number of aromatic nitrogens is 4. The lowest BCUT2D eigenvalue weighted by atomic mass is 10.00. The van der Waals surface area contributed by atoms with Gasteiger partial charge in [-0.1, -0.05) is 11.3 Å². The standard InChI is InChI=1S/C32H35F3N8O2/c1-21-4-5-25(17-29(21)43-20-28(38-39-43)24-14-26(19-36-18-24)41-10-12-45-13-11-41)37-31(44)23-15-27(32(33,34)35)22(2)30(16-23)42-8-6-40(3)7-9-42/h4-5,14-20H,6-13H2,1-3H3,(H,37,44). The molecule has 0 aliphatic carbocycles. The number of benzene rings is 2. The van der Waals surface area contributed by atoms with Crippen LogP contribution < -0.4 is 15.1 Å². The lowest BCUT2D eigenvalue weighted by Gasteiger charge is -2.35. The Labute approximate surface area is 259 Å². The van der Waals surface area contributed by atoms with E-state index in [1.807, 2.05) is 37.2 Å². The second-order valence-corrected chi connectivity index (χ2v) is 11.5. The van der Waals surface area contributed by atoms with Gasteiger partial charge in [0.05, 0.1) is 42.5 Å². The maximum absolute atomic E-state index is 14.1. The Morgan fingerprint density at radius 3 is 2.40 bits per heavy atom. The molecule has 0 atom stereocenters. The average molecular weight is 621 g/mol. The molecule has 236 valence electrons. The highest BCUT2D eigenvalue weighted by atomic mass is 19.4. The summed E-state index contributed by atoms with van der Waals surface area (Å²) in [6, 6.07) is 9.77. The molecular formula is C32H35F3N8O2. The van der Waals surface area contributed by atoms with Crippen LogP contribution >= 0.6 is 0 Å². The number of morpholine rings is 1. The SMILES string of the molecule is Cc1ccc(NC(=O)c2cc(N3CCN(C)CC3)c(C)c(C(F)(F)F)c2)cc1-n1cc(-c2cncc(N3CCOCC3)c2)nn1. The van der Waals surface area contributed by atoms with Crippen molar-refractivity contribution in [3.05, 3.63) is 77.2 Å². The number of alkyl halides is 3. The number of amides is 1. The van der Waals surface area contributed by atoms with Crippen molar-refractivity contribution in [3.8, 4) is 16.9 Å². The van der Waals surface area contributed by atoms with E-state index in [0.29, 0.717) is 49.1 Å². The Kier molecular flexibility index (Phi) is 8.47. The van der Waals surface area contributed by atoms with Crippen LogP contribution in [0.15, 0.2) is 55.0 Å². The van der Waals surface area contributed by atoms with Crippen LogP contribution in [0.1, 0.15) is 27.0 Å². The molecule has 0 spiro atoms. The Morgan fingerprint density at radius 2 is 1.67 bits per heavy atom. The van der Waals surface area contributed by atoms with Gasteiger partial charge in [0, 0.05) is 68.0 Å². The highest BCUT2D eigenvalue weighted by Crippen LogP contribution is 2.37. The fourth-order valence-electron chi connectivity index (χ4n) is 5.71. The minimum absolute atomic E-state index is 0.0559. The first kappa shape index (κ1) is 30.5. The third kappa shape index (κ3) is 6.64. The first-order chi connectivity index (χ1) is 21.6. The van der Waals surface area contributed by atoms with Crippen LogP contribution in [0.25, 0.3) is 16.9 Å². The average Bonchev–Trinajstić information content (AvgIpc) is 3.53. The number of likely N-dealkylation sites (N-methyl/N-ethyl adjacent to an activating group) is 1. The molecule has 1 amide bonds. The summed E-state index contributed by atoms with van der Waals surface area (Å²) in [4.78, 5) is 24.1. The number of hydrogen-bond acceptors (Lipinski definition) is 8.